The van der Waals surface area contributed by atoms with E-state index in [1.165, 1.54) is 17.4 Å². The zero-order valence-electron chi connectivity index (χ0n) is 11.1. The van der Waals surface area contributed by atoms with Crippen molar-refractivity contribution in [2.24, 2.45) is 0 Å². The van der Waals surface area contributed by atoms with Crippen LogP contribution >= 0.6 is 11.3 Å². The van der Waals surface area contributed by atoms with Crippen LogP contribution < -0.4 is 10.9 Å². The monoisotopic (exact) mass is 289 g/mol. The van der Waals surface area contributed by atoms with Gasteiger partial charge in [0.05, 0.1) is 11.0 Å². The molecule has 1 atom stereocenters. The molecule has 0 saturated carbocycles. The number of thiazole rings is 1. The molecule has 2 N–H and O–H groups in total. The van der Waals surface area contributed by atoms with Crippen molar-refractivity contribution in [3.8, 4) is 0 Å². The smallest absolute Gasteiger partial charge is 0.271 e. The molecule has 6 heteroatoms. The number of aromatic nitrogens is 2. The number of pyridine rings is 1. The van der Waals surface area contributed by atoms with Crippen LogP contribution in [-0.2, 0) is 6.42 Å². The number of carbonyl (C=O) groups is 1. The second kappa shape index (κ2) is 5.20. The number of rotatable bonds is 2. The summed E-state index contributed by atoms with van der Waals surface area (Å²) < 4.78 is 0. The molecule has 0 saturated heterocycles. The van der Waals surface area contributed by atoms with E-state index in [1.54, 1.807) is 5.38 Å². The van der Waals surface area contributed by atoms with Gasteiger partial charge in [0, 0.05) is 17.1 Å². The highest BCUT2D eigenvalue weighted by atomic mass is 32.1. The Kier molecular flexibility index (Phi) is 3.40. The highest BCUT2D eigenvalue weighted by molar-refractivity contribution is 7.09. The first kappa shape index (κ1) is 13.1. The number of carbonyl (C=O) groups excluding carboxylic acids is 1. The van der Waals surface area contributed by atoms with Gasteiger partial charge in [0.15, 0.2) is 0 Å². The lowest BCUT2D eigenvalue weighted by atomic mass is 9.91. The molecule has 0 unspecified atom stereocenters. The van der Waals surface area contributed by atoms with Gasteiger partial charge in [-0.15, -0.1) is 11.3 Å². The van der Waals surface area contributed by atoms with E-state index in [0.29, 0.717) is 5.69 Å². The highest BCUT2D eigenvalue weighted by Crippen LogP contribution is 2.27. The van der Waals surface area contributed by atoms with Gasteiger partial charge in [-0.1, -0.05) is 0 Å². The average molecular weight is 289 g/mol. The summed E-state index contributed by atoms with van der Waals surface area (Å²) in [4.78, 5) is 30.6. The molecular formula is C14H15N3O2S. The Morgan fingerprint density at radius 1 is 1.50 bits per heavy atom. The van der Waals surface area contributed by atoms with Gasteiger partial charge in [0.25, 0.3) is 5.91 Å². The van der Waals surface area contributed by atoms with Crippen LogP contribution in [0.15, 0.2) is 22.3 Å². The maximum absolute atomic E-state index is 12.2. The molecular weight excluding hydrogens is 274 g/mol. The average Bonchev–Trinajstić information content (AvgIpc) is 2.85. The van der Waals surface area contributed by atoms with Gasteiger partial charge < -0.3 is 10.3 Å². The molecule has 1 aliphatic rings. The van der Waals surface area contributed by atoms with E-state index in [9.17, 15) is 9.59 Å². The Bertz CT molecular complexity index is 704. The van der Waals surface area contributed by atoms with Crippen LogP contribution in [-0.4, -0.2) is 15.9 Å². The van der Waals surface area contributed by atoms with Crippen LogP contribution in [0.1, 0.15) is 45.6 Å². The van der Waals surface area contributed by atoms with Gasteiger partial charge in [0.1, 0.15) is 5.69 Å². The Labute approximate surface area is 120 Å². The quantitative estimate of drug-likeness (QED) is 0.887. The Balaban J connectivity index is 1.83. The van der Waals surface area contributed by atoms with E-state index in [4.69, 9.17) is 0 Å². The van der Waals surface area contributed by atoms with Gasteiger partial charge in [0.2, 0.25) is 5.56 Å². The Morgan fingerprint density at radius 3 is 3.10 bits per heavy atom. The molecule has 20 heavy (non-hydrogen) atoms. The lowest BCUT2D eigenvalue weighted by Gasteiger charge is -2.25. The number of amides is 1. The highest BCUT2D eigenvalue weighted by Gasteiger charge is 2.23. The molecule has 1 aliphatic carbocycles. The van der Waals surface area contributed by atoms with E-state index < -0.39 is 0 Å². The zero-order valence-corrected chi connectivity index (χ0v) is 11.9. The van der Waals surface area contributed by atoms with Crippen molar-refractivity contribution < 1.29 is 4.79 Å². The van der Waals surface area contributed by atoms with Crippen molar-refractivity contribution in [3.05, 3.63) is 49.8 Å². The minimum atomic E-state index is -0.154. The third kappa shape index (κ3) is 2.51. The fourth-order valence-electron chi connectivity index (χ4n) is 2.55. The van der Waals surface area contributed by atoms with Gasteiger partial charge >= 0.3 is 0 Å². The largest absolute Gasteiger partial charge is 0.344 e. The lowest BCUT2D eigenvalue weighted by Crippen LogP contribution is -2.32. The van der Waals surface area contributed by atoms with Crippen molar-refractivity contribution in [2.75, 3.05) is 0 Å². The van der Waals surface area contributed by atoms with E-state index in [-0.39, 0.29) is 17.5 Å². The number of fused-ring (bicyclic) bond motifs is 1. The molecule has 0 fully saturated rings. The predicted molar refractivity (Wildman–Crippen MR) is 77.1 cm³/mol. The first-order valence-corrected chi connectivity index (χ1v) is 7.46. The minimum absolute atomic E-state index is 0.0508. The summed E-state index contributed by atoms with van der Waals surface area (Å²) in [6.07, 6.45) is 2.69. The van der Waals surface area contributed by atoms with Crippen molar-refractivity contribution in [3.63, 3.8) is 0 Å². The fourth-order valence-corrected chi connectivity index (χ4v) is 3.14. The summed E-state index contributed by atoms with van der Waals surface area (Å²) in [6.45, 7) is 1.88. The summed E-state index contributed by atoms with van der Waals surface area (Å²) in [7, 11) is 0. The van der Waals surface area contributed by atoms with Gasteiger partial charge in [-0.3, -0.25) is 9.59 Å². The molecule has 5 nitrogen and oxygen atoms in total. The van der Waals surface area contributed by atoms with E-state index in [2.05, 4.69) is 15.3 Å². The maximum Gasteiger partial charge on any atom is 0.271 e. The molecule has 0 radical (unpaired) electrons. The standard InChI is InChI=1S/C14H15N3O2S/c1-8-15-12(7-20-8)14(19)17-11-4-2-3-10-9(11)5-6-13(18)16-10/h5-7,11H,2-4H2,1H3,(H,16,18)(H,17,19)/t11-/m1/s1. The third-order valence-corrected chi connectivity index (χ3v) is 4.26. The SMILES string of the molecule is Cc1nc(C(=O)N[C@@H]2CCCc3[nH]c(=O)ccc32)cs1. The molecule has 2 aromatic heterocycles. The second-order valence-electron chi connectivity index (χ2n) is 4.93. The molecule has 0 spiro atoms. The Hall–Kier alpha value is -1.95. The van der Waals surface area contributed by atoms with Crippen molar-refractivity contribution in [1.82, 2.24) is 15.3 Å². The molecule has 0 aromatic carbocycles. The van der Waals surface area contributed by atoms with Crippen LogP contribution in [0.4, 0.5) is 0 Å². The lowest BCUT2D eigenvalue weighted by molar-refractivity contribution is 0.0928. The molecule has 2 aromatic rings. The molecule has 0 aliphatic heterocycles. The number of aryl methyl sites for hydroxylation is 2. The minimum Gasteiger partial charge on any atom is -0.344 e. The molecule has 104 valence electrons. The van der Waals surface area contributed by atoms with E-state index in [1.807, 2.05) is 13.0 Å². The number of hydrogen-bond donors (Lipinski definition) is 2. The van der Waals surface area contributed by atoms with Crippen LogP contribution in [0, 0.1) is 6.92 Å². The summed E-state index contributed by atoms with van der Waals surface area (Å²) in [5, 5.41) is 5.65. The molecule has 1 amide bonds. The number of nitrogens with zero attached hydrogens (tertiary/aromatic N) is 1. The first-order chi connectivity index (χ1) is 9.63. The van der Waals surface area contributed by atoms with Gasteiger partial charge in [-0.05, 0) is 37.8 Å². The van der Waals surface area contributed by atoms with Crippen LogP contribution in [0.3, 0.4) is 0 Å². The fraction of sp³-hybridized carbons (Fsp3) is 0.357. The van der Waals surface area contributed by atoms with Crippen LogP contribution in [0.5, 0.6) is 0 Å². The van der Waals surface area contributed by atoms with E-state index in [0.717, 1.165) is 35.5 Å². The first-order valence-electron chi connectivity index (χ1n) is 6.58. The molecule has 0 bridgehead atoms. The van der Waals surface area contributed by atoms with Crippen molar-refractivity contribution in [1.29, 1.82) is 0 Å². The summed E-state index contributed by atoms with van der Waals surface area (Å²) in [6, 6.07) is 3.27. The number of H-pyrrole nitrogens is 1. The van der Waals surface area contributed by atoms with Crippen molar-refractivity contribution >= 4 is 17.2 Å². The number of nitrogens with one attached hydrogen (secondary N) is 2. The number of hydrogen-bond acceptors (Lipinski definition) is 4. The predicted octanol–water partition coefficient (Wildman–Crippen LogP) is 1.95. The van der Waals surface area contributed by atoms with Crippen molar-refractivity contribution in [2.45, 2.75) is 32.2 Å². The summed E-state index contributed by atoms with van der Waals surface area (Å²) in [5.41, 5.74) is 2.31. The summed E-state index contributed by atoms with van der Waals surface area (Å²) >= 11 is 1.46. The third-order valence-electron chi connectivity index (χ3n) is 3.49. The van der Waals surface area contributed by atoms with E-state index >= 15 is 0 Å². The summed E-state index contributed by atoms with van der Waals surface area (Å²) in [5.74, 6) is -0.154. The molecule has 2 heterocycles. The maximum atomic E-state index is 12.2. The normalized spacial score (nSPS) is 17.6. The zero-order chi connectivity index (χ0) is 14.1. The topological polar surface area (TPSA) is 74.8 Å². The van der Waals surface area contributed by atoms with Gasteiger partial charge in [-0.2, -0.15) is 0 Å². The van der Waals surface area contributed by atoms with Gasteiger partial charge in [-0.25, -0.2) is 4.98 Å². The number of aromatic amines is 1. The van der Waals surface area contributed by atoms with Crippen LogP contribution in [0.2, 0.25) is 0 Å². The van der Waals surface area contributed by atoms with Crippen LogP contribution in [0.25, 0.3) is 0 Å². The molecule has 3 rings (SSSR count). The second-order valence-corrected chi connectivity index (χ2v) is 5.99. The Morgan fingerprint density at radius 2 is 2.35 bits per heavy atom.